The summed E-state index contributed by atoms with van der Waals surface area (Å²) in [7, 11) is 0. The molecular formula is C10H20O3. The molecule has 0 aromatic rings. The Kier molecular flexibility index (Phi) is 4.99. The average molecular weight is 188 g/mol. The second-order valence-corrected chi connectivity index (χ2v) is 3.90. The number of hydrogen-bond donors (Lipinski definition) is 2. The van der Waals surface area contributed by atoms with Crippen molar-refractivity contribution in [3.63, 3.8) is 0 Å². The third kappa shape index (κ3) is 4.27. The van der Waals surface area contributed by atoms with Crippen LogP contribution in [0.15, 0.2) is 0 Å². The Morgan fingerprint density at radius 3 is 2.23 bits per heavy atom. The molecule has 0 amide bonds. The van der Waals surface area contributed by atoms with Crippen molar-refractivity contribution < 1.29 is 15.0 Å². The summed E-state index contributed by atoms with van der Waals surface area (Å²) in [6.07, 6.45) is 1.97. The molecule has 3 nitrogen and oxygen atoms in total. The molecule has 78 valence electrons. The Labute approximate surface area is 79.8 Å². The van der Waals surface area contributed by atoms with Gasteiger partial charge in [0.15, 0.2) is 0 Å². The monoisotopic (exact) mass is 188 g/mol. The minimum absolute atomic E-state index is 0.0503. The molecule has 0 aromatic heterocycles. The Morgan fingerprint density at radius 1 is 1.38 bits per heavy atom. The van der Waals surface area contributed by atoms with Gasteiger partial charge in [-0.3, -0.25) is 4.79 Å². The van der Waals surface area contributed by atoms with E-state index in [1.165, 1.54) is 0 Å². The minimum atomic E-state index is -0.838. The van der Waals surface area contributed by atoms with E-state index in [-0.39, 0.29) is 12.3 Å². The molecule has 0 spiro atoms. The van der Waals surface area contributed by atoms with E-state index in [4.69, 9.17) is 5.11 Å². The summed E-state index contributed by atoms with van der Waals surface area (Å²) in [5.74, 6) is -0.720. The van der Waals surface area contributed by atoms with Crippen molar-refractivity contribution in [1.82, 2.24) is 0 Å². The van der Waals surface area contributed by atoms with Crippen molar-refractivity contribution in [2.75, 3.05) is 0 Å². The standard InChI is InChI=1S/C10H20O3/c1-4-6-10(13,8(2)3)7-5-9(11)12/h8,13H,4-7H2,1-3H3,(H,11,12). The number of carbonyl (C=O) groups is 1. The molecule has 13 heavy (non-hydrogen) atoms. The molecule has 0 bridgehead atoms. The first-order valence-electron chi connectivity index (χ1n) is 4.86. The number of hydrogen-bond acceptors (Lipinski definition) is 2. The van der Waals surface area contributed by atoms with Crippen molar-refractivity contribution in [2.24, 2.45) is 5.92 Å². The molecule has 0 heterocycles. The Morgan fingerprint density at radius 2 is 1.92 bits per heavy atom. The Balaban J connectivity index is 4.15. The van der Waals surface area contributed by atoms with Gasteiger partial charge >= 0.3 is 5.97 Å². The van der Waals surface area contributed by atoms with E-state index in [1.807, 2.05) is 20.8 Å². The van der Waals surface area contributed by atoms with E-state index in [2.05, 4.69) is 0 Å². The first-order valence-corrected chi connectivity index (χ1v) is 4.86. The van der Waals surface area contributed by atoms with Crippen LogP contribution in [0.2, 0.25) is 0 Å². The summed E-state index contributed by atoms with van der Waals surface area (Å²) in [6.45, 7) is 5.85. The van der Waals surface area contributed by atoms with Crippen LogP contribution >= 0.6 is 0 Å². The highest BCUT2D eigenvalue weighted by atomic mass is 16.4. The van der Waals surface area contributed by atoms with Crippen molar-refractivity contribution in [2.45, 2.75) is 52.1 Å². The van der Waals surface area contributed by atoms with Crippen LogP contribution in [-0.4, -0.2) is 21.8 Å². The molecule has 0 aliphatic rings. The average Bonchev–Trinajstić information content (AvgIpc) is 2.01. The van der Waals surface area contributed by atoms with Gasteiger partial charge in [0.25, 0.3) is 0 Å². The zero-order valence-corrected chi connectivity index (χ0v) is 8.71. The van der Waals surface area contributed by atoms with Crippen LogP contribution in [0.1, 0.15) is 46.5 Å². The predicted octanol–water partition coefficient (Wildman–Crippen LogP) is 2.04. The van der Waals surface area contributed by atoms with Gasteiger partial charge in [-0.2, -0.15) is 0 Å². The highest BCUT2D eigenvalue weighted by Crippen LogP contribution is 2.27. The first-order chi connectivity index (χ1) is 5.92. The van der Waals surface area contributed by atoms with Gasteiger partial charge in [-0.05, 0) is 18.8 Å². The molecule has 1 atom stereocenters. The maximum absolute atomic E-state index is 10.4. The third-order valence-corrected chi connectivity index (χ3v) is 2.53. The molecule has 0 aromatic carbocycles. The van der Waals surface area contributed by atoms with Crippen LogP contribution in [0, 0.1) is 5.92 Å². The van der Waals surface area contributed by atoms with Gasteiger partial charge in [-0.15, -0.1) is 0 Å². The number of aliphatic carboxylic acids is 1. The molecule has 0 fully saturated rings. The topological polar surface area (TPSA) is 57.5 Å². The van der Waals surface area contributed by atoms with Crippen molar-refractivity contribution in [3.05, 3.63) is 0 Å². The molecule has 0 aliphatic heterocycles. The molecule has 0 aliphatic carbocycles. The highest BCUT2D eigenvalue weighted by Gasteiger charge is 2.30. The van der Waals surface area contributed by atoms with Crippen molar-refractivity contribution >= 4 is 5.97 Å². The van der Waals surface area contributed by atoms with Crippen molar-refractivity contribution in [3.8, 4) is 0 Å². The number of rotatable bonds is 6. The Hall–Kier alpha value is -0.570. The molecule has 0 saturated heterocycles. The second kappa shape index (κ2) is 5.22. The van der Waals surface area contributed by atoms with E-state index in [9.17, 15) is 9.90 Å². The number of aliphatic hydroxyl groups is 1. The Bertz CT molecular complexity index is 166. The lowest BCUT2D eigenvalue weighted by molar-refractivity contribution is -0.139. The molecule has 0 saturated carbocycles. The van der Waals surface area contributed by atoms with E-state index in [1.54, 1.807) is 0 Å². The lowest BCUT2D eigenvalue weighted by atomic mass is 9.82. The van der Waals surface area contributed by atoms with Gasteiger partial charge in [0.2, 0.25) is 0 Å². The fourth-order valence-electron chi connectivity index (χ4n) is 1.46. The lowest BCUT2D eigenvalue weighted by Crippen LogP contribution is -2.35. The zero-order chi connectivity index (χ0) is 10.5. The molecular weight excluding hydrogens is 168 g/mol. The van der Waals surface area contributed by atoms with Gasteiger partial charge in [0, 0.05) is 6.42 Å². The lowest BCUT2D eigenvalue weighted by Gasteiger charge is -2.31. The summed E-state index contributed by atoms with van der Waals surface area (Å²) < 4.78 is 0. The van der Waals surface area contributed by atoms with Gasteiger partial charge < -0.3 is 10.2 Å². The maximum Gasteiger partial charge on any atom is 0.303 e. The molecule has 3 heteroatoms. The quantitative estimate of drug-likeness (QED) is 0.670. The first kappa shape index (κ1) is 12.4. The second-order valence-electron chi connectivity index (χ2n) is 3.90. The maximum atomic E-state index is 10.4. The van der Waals surface area contributed by atoms with Gasteiger partial charge in [0.05, 0.1) is 5.60 Å². The van der Waals surface area contributed by atoms with Gasteiger partial charge in [-0.25, -0.2) is 0 Å². The van der Waals surface area contributed by atoms with E-state index >= 15 is 0 Å². The van der Waals surface area contributed by atoms with Crippen LogP contribution < -0.4 is 0 Å². The number of carboxylic acid groups (broad SMARTS) is 1. The highest BCUT2D eigenvalue weighted by molar-refractivity contribution is 5.66. The molecule has 0 radical (unpaired) electrons. The third-order valence-electron chi connectivity index (χ3n) is 2.53. The van der Waals surface area contributed by atoms with Crippen molar-refractivity contribution in [1.29, 1.82) is 0 Å². The summed E-state index contributed by atoms with van der Waals surface area (Å²) in [4.78, 5) is 10.4. The largest absolute Gasteiger partial charge is 0.481 e. The van der Waals surface area contributed by atoms with E-state index in [0.717, 1.165) is 6.42 Å². The fraction of sp³-hybridized carbons (Fsp3) is 0.900. The molecule has 1 unspecified atom stereocenters. The summed E-state index contributed by atoms with van der Waals surface area (Å²) in [5, 5.41) is 18.6. The summed E-state index contributed by atoms with van der Waals surface area (Å²) >= 11 is 0. The smallest absolute Gasteiger partial charge is 0.303 e. The van der Waals surface area contributed by atoms with Crippen LogP contribution in [0.25, 0.3) is 0 Å². The molecule has 2 N–H and O–H groups in total. The summed E-state index contributed by atoms with van der Waals surface area (Å²) in [6, 6.07) is 0. The minimum Gasteiger partial charge on any atom is -0.481 e. The fourth-order valence-corrected chi connectivity index (χ4v) is 1.46. The van der Waals surface area contributed by atoms with Crippen LogP contribution in [0.5, 0.6) is 0 Å². The van der Waals surface area contributed by atoms with E-state index < -0.39 is 11.6 Å². The van der Waals surface area contributed by atoms with Gasteiger partial charge in [-0.1, -0.05) is 27.2 Å². The summed E-state index contributed by atoms with van der Waals surface area (Å²) in [5.41, 5.74) is -0.798. The zero-order valence-electron chi connectivity index (χ0n) is 8.71. The van der Waals surface area contributed by atoms with Crippen LogP contribution in [0.4, 0.5) is 0 Å². The number of carboxylic acids is 1. The van der Waals surface area contributed by atoms with Gasteiger partial charge in [0.1, 0.15) is 0 Å². The van der Waals surface area contributed by atoms with Crippen LogP contribution in [-0.2, 0) is 4.79 Å². The van der Waals surface area contributed by atoms with E-state index in [0.29, 0.717) is 12.8 Å². The molecule has 0 rings (SSSR count). The SMILES string of the molecule is CCCC(O)(CCC(=O)O)C(C)C. The van der Waals surface area contributed by atoms with Crippen LogP contribution in [0.3, 0.4) is 0 Å². The predicted molar refractivity (Wildman–Crippen MR) is 51.6 cm³/mol. The normalized spacial score (nSPS) is 15.8.